The molecule has 180 valence electrons. The summed E-state index contributed by atoms with van der Waals surface area (Å²) >= 11 is -2.08. The molecule has 0 saturated heterocycles. The van der Waals surface area contributed by atoms with Gasteiger partial charge >= 0.3 is 213 Å². The van der Waals surface area contributed by atoms with Crippen LogP contribution in [0.3, 0.4) is 0 Å². The van der Waals surface area contributed by atoms with Gasteiger partial charge in [-0.05, 0) is 0 Å². The Kier molecular flexibility index (Phi) is 8.32. The zero-order chi connectivity index (χ0) is 23.4. The summed E-state index contributed by atoms with van der Waals surface area (Å²) in [5.41, 5.74) is 14.5. The number of aryl methyl sites for hydroxylation is 2. The second-order valence-corrected chi connectivity index (χ2v) is 28.1. The van der Waals surface area contributed by atoms with Gasteiger partial charge in [0.05, 0.1) is 0 Å². The van der Waals surface area contributed by atoms with E-state index in [1.807, 2.05) is 0 Å². The standard InChI is InChI=1S/C15H13.C15H11.C2H6Si.2ClH.Zr/c1-10-3-5-14-12(7-10)9-13-8-11(2)4-6-15(13)14;1-2-6-12(7-3-1)15-11-10-13-8-4-5-9-14(13)15;1-3-2;;;/h3-9H,1-2H3;1-11H;1-2H3;2*1H;/q;;;;;+2/p-2. The molecule has 0 spiro atoms. The zero-order valence-corrected chi connectivity index (χ0v) is 26.1. The van der Waals surface area contributed by atoms with Gasteiger partial charge in [-0.2, -0.15) is 0 Å². The number of rotatable bonds is 3. The predicted molar refractivity (Wildman–Crippen MR) is 143 cm³/mol. The summed E-state index contributed by atoms with van der Waals surface area (Å²) < 4.78 is 1.27. The van der Waals surface area contributed by atoms with Crippen LogP contribution in [-0.2, 0) is 20.4 Å². The molecule has 4 heteroatoms. The molecule has 4 aromatic carbocycles. The van der Waals surface area contributed by atoms with Crippen molar-refractivity contribution in [1.29, 1.82) is 0 Å². The summed E-state index contributed by atoms with van der Waals surface area (Å²) in [5.74, 6) is 0. The maximum Gasteiger partial charge on any atom is -1.00 e. The normalized spacial score (nSPS) is 14.9. The molecule has 4 aromatic rings. The first kappa shape index (κ1) is 27.3. The van der Waals surface area contributed by atoms with Crippen LogP contribution in [-0.4, -0.2) is 5.43 Å². The molecular weight excluding hydrogens is 575 g/mol. The average Bonchev–Trinajstić information content (AvgIpc) is 3.36. The summed E-state index contributed by atoms with van der Waals surface area (Å²) in [6, 6.07) is 34.7. The van der Waals surface area contributed by atoms with Crippen molar-refractivity contribution in [3.8, 4) is 11.1 Å². The fraction of sp³-hybridized carbons (Fsp3) is 0.188. The van der Waals surface area contributed by atoms with Gasteiger partial charge in [-0.1, -0.05) is 0 Å². The van der Waals surface area contributed by atoms with E-state index in [1.54, 1.807) is 16.7 Å². The van der Waals surface area contributed by atoms with Gasteiger partial charge < -0.3 is 24.8 Å². The molecule has 0 fully saturated rings. The van der Waals surface area contributed by atoms with Crippen molar-refractivity contribution in [2.75, 3.05) is 0 Å². The van der Waals surface area contributed by atoms with E-state index in [9.17, 15) is 0 Å². The fourth-order valence-corrected chi connectivity index (χ4v) is 25.4. The number of halogens is 2. The minimum Gasteiger partial charge on any atom is -1.00 e. The minimum absolute atomic E-state index is 0. The maximum absolute atomic E-state index is 2.69. The third-order valence-electron chi connectivity index (χ3n) is 7.55. The Morgan fingerprint density at radius 1 is 0.611 bits per heavy atom. The monoisotopic (exact) mass is 602 g/mol. The second-order valence-electron chi connectivity index (χ2n) is 10.1. The van der Waals surface area contributed by atoms with Crippen molar-refractivity contribution in [3.63, 3.8) is 0 Å². The van der Waals surface area contributed by atoms with Crippen LogP contribution in [0.1, 0.15) is 46.2 Å². The summed E-state index contributed by atoms with van der Waals surface area (Å²) in [6.07, 6.45) is 2.69. The number of fused-ring (bicyclic) bond motifs is 4. The van der Waals surface area contributed by atoms with Crippen LogP contribution in [0.15, 0.2) is 97.1 Å². The molecular formula is C32H30Cl2SiZr. The first-order valence-electron chi connectivity index (χ1n) is 12.3. The SMILES string of the molecule is Cc1ccc2c(c1)[CH]([Zr+2]([CH]1C=C(c3ccccc3)c3ccccc31)=[Si](C)C)c1cc(C)ccc1-2.[Cl-].[Cl-]. The van der Waals surface area contributed by atoms with Crippen LogP contribution < -0.4 is 24.8 Å². The van der Waals surface area contributed by atoms with E-state index in [0.717, 1.165) is 0 Å². The van der Waals surface area contributed by atoms with Crippen molar-refractivity contribution in [2.45, 2.75) is 34.2 Å². The Balaban J connectivity index is 0.00000152. The molecule has 1 unspecified atom stereocenters. The number of hydrogen-bond donors (Lipinski definition) is 0. The summed E-state index contributed by atoms with van der Waals surface area (Å²) in [4.78, 5) is 0. The molecule has 1 atom stereocenters. The van der Waals surface area contributed by atoms with Crippen LogP contribution in [0.5, 0.6) is 0 Å². The van der Waals surface area contributed by atoms with E-state index < -0.39 is 25.8 Å². The Hall–Kier alpha value is -1.70. The molecule has 0 saturated carbocycles. The van der Waals surface area contributed by atoms with Gasteiger partial charge in [-0.25, -0.2) is 0 Å². The molecule has 2 aliphatic rings. The van der Waals surface area contributed by atoms with E-state index in [1.165, 1.54) is 39.0 Å². The Labute approximate surface area is 235 Å². The second kappa shape index (κ2) is 11.0. The molecule has 2 aliphatic carbocycles. The summed E-state index contributed by atoms with van der Waals surface area (Å²) in [5, 5.41) is 0. The van der Waals surface area contributed by atoms with E-state index >= 15 is 0 Å². The van der Waals surface area contributed by atoms with E-state index in [4.69, 9.17) is 0 Å². The van der Waals surface area contributed by atoms with E-state index in [0.29, 0.717) is 7.25 Å². The molecule has 0 heterocycles. The molecule has 0 aromatic heterocycles. The zero-order valence-electron chi connectivity index (χ0n) is 21.1. The number of hydrogen-bond acceptors (Lipinski definition) is 0. The van der Waals surface area contributed by atoms with Gasteiger partial charge in [0.1, 0.15) is 0 Å². The van der Waals surface area contributed by atoms with Gasteiger partial charge in [0.25, 0.3) is 0 Å². The molecule has 0 nitrogen and oxygen atoms in total. The van der Waals surface area contributed by atoms with Crippen LogP contribution >= 0.6 is 0 Å². The third kappa shape index (κ3) is 4.56. The van der Waals surface area contributed by atoms with Crippen molar-refractivity contribution in [2.24, 2.45) is 0 Å². The van der Waals surface area contributed by atoms with Crippen LogP contribution in [0, 0.1) is 13.8 Å². The first-order chi connectivity index (χ1) is 16.5. The summed E-state index contributed by atoms with van der Waals surface area (Å²) in [7, 11) is 0. The van der Waals surface area contributed by atoms with Gasteiger partial charge in [0.15, 0.2) is 0 Å². The van der Waals surface area contributed by atoms with Gasteiger partial charge in [0.2, 0.25) is 0 Å². The minimum atomic E-state index is -2.08. The molecule has 0 bridgehead atoms. The van der Waals surface area contributed by atoms with Gasteiger partial charge in [-0.3, -0.25) is 0 Å². The van der Waals surface area contributed by atoms with Crippen molar-refractivity contribution in [1.82, 2.24) is 0 Å². The molecule has 36 heavy (non-hydrogen) atoms. The maximum atomic E-state index is 2.69. The quantitative estimate of drug-likeness (QED) is 0.316. The molecule has 0 aliphatic heterocycles. The van der Waals surface area contributed by atoms with Gasteiger partial charge in [-0.15, -0.1) is 0 Å². The first-order valence-corrected chi connectivity index (χ1v) is 21.3. The average molecular weight is 605 g/mol. The van der Waals surface area contributed by atoms with Crippen LogP contribution in [0.4, 0.5) is 0 Å². The summed E-state index contributed by atoms with van der Waals surface area (Å²) in [6.45, 7) is 9.74. The van der Waals surface area contributed by atoms with Gasteiger partial charge in [0, 0.05) is 0 Å². The molecule has 6 rings (SSSR count). The van der Waals surface area contributed by atoms with Crippen LogP contribution in [0.25, 0.3) is 16.7 Å². The Morgan fingerprint density at radius 3 is 1.75 bits per heavy atom. The van der Waals surface area contributed by atoms with Crippen molar-refractivity contribution < 1.29 is 45.2 Å². The van der Waals surface area contributed by atoms with Crippen LogP contribution in [0.2, 0.25) is 13.1 Å². The van der Waals surface area contributed by atoms with Crippen molar-refractivity contribution in [3.05, 3.63) is 136 Å². The Morgan fingerprint density at radius 2 is 1.17 bits per heavy atom. The number of benzene rings is 4. The topological polar surface area (TPSA) is 0 Å². The Bertz CT molecular complexity index is 1450. The fourth-order valence-electron chi connectivity index (χ4n) is 6.10. The predicted octanol–water partition coefficient (Wildman–Crippen LogP) is 2.44. The van der Waals surface area contributed by atoms with E-state index in [-0.39, 0.29) is 24.8 Å². The van der Waals surface area contributed by atoms with Crippen molar-refractivity contribution >= 4 is 11.0 Å². The number of allylic oxidation sites excluding steroid dienone is 1. The molecule has 0 N–H and O–H groups in total. The molecule has 0 amide bonds. The van der Waals surface area contributed by atoms with E-state index in [2.05, 4.69) is 124 Å². The smallest absolute Gasteiger partial charge is 1.00 e. The third-order valence-corrected chi connectivity index (χ3v) is 26.7. The molecule has 0 radical (unpaired) electrons. The largest absolute Gasteiger partial charge is 1.00 e.